The Labute approximate surface area is 212 Å². The number of Topliss-reactive ketones (excluding diaryl/α,β-unsaturated/α-hetero) is 1. The SMILES string of the molecule is COC(=O)C1=C(C)NC2=C(C(=O)CCC2)[C@H]1c1cc(COc2c(OC)cccc2OC)c(C)cc1C. The van der Waals surface area contributed by atoms with E-state index >= 15 is 0 Å². The lowest BCUT2D eigenvalue weighted by molar-refractivity contribution is -0.136. The monoisotopic (exact) mass is 491 g/mol. The molecule has 190 valence electrons. The molecule has 0 spiro atoms. The zero-order valence-electron chi connectivity index (χ0n) is 21.7. The molecule has 2 aromatic carbocycles. The van der Waals surface area contributed by atoms with Gasteiger partial charge in [0, 0.05) is 29.3 Å². The summed E-state index contributed by atoms with van der Waals surface area (Å²) in [7, 11) is 4.54. The molecule has 0 unspecified atom stereocenters. The van der Waals surface area contributed by atoms with E-state index < -0.39 is 11.9 Å². The first kappa shape index (κ1) is 25.4. The maximum Gasteiger partial charge on any atom is 0.336 e. The summed E-state index contributed by atoms with van der Waals surface area (Å²) < 4.78 is 22.3. The van der Waals surface area contributed by atoms with Gasteiger partial charge in [0.05, 0.1) is 26.9 Å². The Bertz CT molecular complexity index is 1250. The maximum absolute atomic E-state index is 13.2. The fraction of sp³-hybridized carbons (Fsp3) is 0.379. The van der Waals surface area contributed by atoms with Crippen molar-refractivity contribution in [1.29, 1.82) is 0 Å². The molecule has 7 nitrogen and oxygen atoms in total. The standard InChI is InChI=1S/C29H33NO6/c1-16-13-17(2)20(14-19(16)15-36-28-23(33-4)11-8-12-24(28)34-5)26-25(29(32)35-6)18(3)30-21-9-7-10-22(31)27(21)26/h8,11-14,26,30H,7,9-10,15H2,1-6H3/t26-/m0/s1. The first-order valence-electron chi connectivity index (χ1n) is 12.1. The van der Waals surface area contributed by atoms with E-state index in [0.29, 0.717) is 34.8 Å². The predicted octanol–water partition coefficient (Wildman–Crippen LogP) is 5.04. The molecule has 1 N–H and O–H groups in total. The molecule has 2 aliphatic rings. The lowest BCUT2D eigenvalue weighted by atomic mass is 9.73. The molecule has 0 amide bonds. The second kappa shape index (κ2) is 10.5. The Balaban J connectivity index is 1.80. The number of para-hydroxylation sites is 1. The second-order valence-electron chi connectivity index (χ2n) is 9.17. The average molecular weight is 492 g/mol. The number of rotatable bonds is 7. The summed E-state index contributed by atoms with van der Waals surface area (Å²) in [6, 6.07) is 9.60. The average Bonchev–Trinajstić information content (AvgIpc) is 2.87. The molecular weight excluding hydrogens is 458 g/mol. The van der Waals surface area contributed by atoms with Crippen molar-refractivity contribution in [2.45, 2.75) is 52.6 Å². The molecule has 0 fully saturated rings. The van der Waals surface area contributed by atoms with Crippen molar-refractivity contribution < 1.29 is 28.5 Å². The minimum atomic E-state index is -0.498. The number of methoxy groups -OCH3 is 3. The lowest BCUT2D eigenvalue weighted by Crippen LogP contribution is -2.34. The molecule has 0 aromatic heterocycles. The predicted molar refractivity (Wildman–Crippen MR) is 136 cm³/mol. The third-order valence-corrected chi connectivity index (χ3v) is 6.97. The van der Waals surface area contributed by atoms with Crippen molar-refractivity contribution in [1.82, 2.24) is 5.32 Å². The Morgan fingerprint density at radius 3 is 2.33 bits per heavy atom. The highest BCUT2D eigenvalue weighted by Crippen LogP contribution is 2.44. The highest BCUT2D eigenvalue weighted by molar-refractivity contribution is 6.03. The van der Waals surface area contributed by atoms with Crippen LogP contribution in [0.2, 0.25) is 0 Å². The first-order valence-corrected chi connectivity index (χ1v) is 12.1. The number of nitrogens with one attached hydrogen (secondary N) is 1. The normalized spacial score (nSPS) is 17.4. The molecule has 1 aliphatic carbocycles. The Kier molecular flexibility index (Phi) is 7.38. The summed E-state index contributed by atoms with van der Waals surface area (Å²) in [5, 5.41) is 3.32. The van der Waals surface area contributed by atoms with Gasteiger partial charge in [-0.1, -0.05) is 18.2 Å². The van der Waals surface area contributed by atoms with Crippen molar-refractivity contribution in [3.8, 4) is 17.2 Å². The van der Waals surface area contributed by atoms with Crippen LogP contribution in [0.5, 0.6) is 17.2 Å². The Hall–Kier alpha value is -3.74. The van der Waals surface area contributed by atoms with Gasteiger partial charge in [-0.3, -0.25) is 4.79 Å². The number of ether oxygens (including phenoxy) is 4. The molecule has 0 saturated carbocycles. The second-order valence-corrected chi connectivity index (χ2v) is 9.17. The Morgan fingerprint density at radius 1 is 1.00 bits per heavy atom. The van der Waals surface area contributed by atoms with Gasteiger partial charge in [-0.15, -0.1) is 0 Å². The van der Waals surface area contributed by atoms with Gasteiger partial charge in [-0.25, -0.2) is 4.79 Å². The van der Waals surface area contributed by atoms with Gasteiger partial charge in [0.25, 0.3) is 0 Å². The highest BCUT2D eigenvalue weighted by atomic mass is 16.5. The summed E-state index contributed by atoms with van der Waals surface area (Å²) >= 11 is 0. The van der Waals surface area contributed by atoms with Gasteiger partial charge in [-0.05, 0) is 68.0 Å². The Morgan fingerprint density at radius 2 is 1.69 bits per heavy atom. The molecule has 7 heteroatoms. The van der Waals surface area contributed by atoms with Crippen LogP contribution in [0.1, 0.15) is 54.4 Å². The number of benzene rings is 2. The van der Waals surface area contributed by atoms with Gasteiger partial charge < -0.3 is 24.3 Å². The molecule has 4 rings (SSSR count). The first-order chi connectivity index (χ1) is 17.3. The van der Waals surface area contributed by atoms with E-state index in [1.54, 1.807) is 14.2 Å². The number of hydrogen-bond acceptors (Lipinski definition) is 7. The van der Waals surface area contributed by atoms with Crippen molar-refractivity contribution in [2.75, 3.05) is 21.3 Å². The number of esters is 1. The maximum atomic E-state index is 13.2. The molecule has 0 bridgehead atoms. The highest BCUT2D eigenvalue weighted by Gasteiger charge is 2.39. The van der Waals surface area contributed by atoms with Crippen LogP contribution in [-0.4, -0.2) is 33.1 Å². The van der Waals surface area contributed by atoms with Crippen molar-refractivity contribution in [3.63, 3.8) is 0 Å². The molecule has 1 aliphatic heterocycles. The van der Waals surface area contributed by atoms with Gasteiger partial charge in [0.1, 0.15) is 6.61 Å². The molecule has 0 radical (unpaired) electrons. The summed E-state index contributed by atoms with van der Waals surface area (Å²) in [5.41, 5.74) is 6.63. The lowest BCUT2D eigenvalue weighted by Gasteiger charge is -2.35. The molecule has 2 aromatic rings. The van der Waals surface area contributed by atoms with Gasteiger partial charge in [0.2, 0.25) is 5.75 Å². The van der Waals surface area contributed by atoms with E-state index in [-0.39, 0.29) is 12.4 Å². The number of allylic oxidation sites excluding steroid dienone is 3. The minimum Gasteiger partial charge on any atom is -0.493 e. The van der Waals surface area contributed by atoms with Gasteiger partial charge in [-0.2, -0.15) is 0 Å². The summed E-state index contributed by atoms with van der Waals surface area (Å²) in [5.74, 6) is 0.801. The number of carbonyl (C=O) groups is 2. The van der Waals surface area contributed by atoms with Gasteiger partial charge in [0.15, 0.2) is 17.3 Å². The number of carbonyl (C=O) groups excluding carboxylic acids is 2. The van der Waals surface area contributed by atoms with Crippen LogP contribution in [0, 0.1) is 13.8 Å². The smallest absolute Gasteiger partial charge is 0.336 e. The number of aryl methyl sites for hydroxylation is 2. The van der Waals surface area contributed by atoms with Gasteiger partial charge >= 0.3 is 5.97 Å². The van der Waals surface area contributed by atoms with E-state index in [1.165, 1.54) is 7.11 Å². The minimum absolute atomic E-state index is 0.0687. The van der Waals surface area contributed by atoms with Crippen molar-refractivity contribution >= 4 is 11.8 Å². The fourth-order valence-electron chi connectivity index (χ4n) is 5.17. The number of ketones is 1. The van der Waals surface area contributed by atoms with Crippen LogP contribution in [0.4, 0.5) is 0 Å². The van der Waals surface area contributed by atoms with Crippen molar-refractivity contribution in [3.05, 3.63) is 75.1 Å². The largest absolute Gasteiger partial charge is 0.493 e. The van der Waals surface area contributed by atoms with Crippen LogP contribution in [0.15, 0.2) is 52.9 Å². The molecular formula is C29H33NO6. The number of hydrogen-bond donors (Lipinski definition) is 1. The van der Waals surface area contributed by atoms with E-state index in [2.05, 4.69) is 11.4 Å². The third-order valence-electron chi connectivity index (χ3n) is 6.97. The zero-order chi connectivity index (χ0) is 26.0. The molecule has 1 atom stereocenters. The zero-order valence-corrected chi connectivity index (χ0v) is 21.7. The van der Waals surface area contributed by atoms with E-state index in [9.17, 15) is 9.59 Å². The quantitative estimate of drug-likeness (QED) is 0.543. The molecule has 36 heavy (non-hydrogen) atoms. The summed E-state index contributed by atoms with van der Waals surface area (Å²) in [6.07, 6.45) is 2.04. The molecule has 1 heterocycles. The van der Waals surface area contributed by atoms with Crippen molar-refractivity contribution in [2.24, 2.45) is 0 Å². The number of dihydropyridines is 1. The van der Waals surface area contributed by atoms with Crippen LogP contribution in [0.25, 0.3) is 0 Å². The van der Waals surface area contributed by atoms with Crippen LogP contribution in [-0.2, 0) is 20.9 Å². The van der Waals surface area contributed by atoms with Crippen LogP contribution < -0.4 is 19.5 Å². The van der Waals surface area contributed by atoms with E-state index in [0.717, 1.165) is 46.5 Å². The molecule has 0 saturated heterocycles. The van der Waals surface area contributed by atoms with E-state index in [1.807, 2.05) is 45.0 Å². The topological polar surface area (TPSA) is 83.1 Å². The van der Waals surface area contributed by atoms with E-state index in [4.69, 9.17) is 18.9 Å². The fourth-order valence-corrected chi connectivity index (χ4v) is 5.17. The summed E-state index contributed by atoms with van der Waals surface area (Å²) in [6.45, 7) is 6.16. The van der Waals surface area contributed by atoms with Crippen LogP contribution in [0.3, 0.4) is 0 Å². The summed E-state index contributed by atoms with van der Waals surface area (Å²) in [4.78, 5) is 26.1. The third kappa shape index (κ3) is 4.57. The van der Waals surface area contributed by atoms with Crippen LogP contribution >= 0.6 is 0 Å².